The van der Waals surface area contributed by atoms with Gasteiger partial charge in [-0.2, -0.15) is 0 Å². The van der Waals surface area contributed by atoms with Crippen molar-refractivity contribution in [3.05, 3.63) is 47.5 Å². The van der Waals surface area contributed by atoms with E-state index in [1.165, 1.54) is 7.11 Å². The lowest BCUT2D eigenvalue weighted by Gasteiger charge is -2.33. The number of rotatable bonds is 3. The van der Waals surface area contributed by atoms with Gasteiger partial charge in [-0.25, -0.2) is 0 Å². The van der Waals surface area contributed by atoms with Gasteiger partial charge in [0, 0.05) is 13.5 Å². The summed E-state index contributed by atoms with van der Waals surface area (Å²) in [5.41, 5.74) is 1.53. The van der Waals surface area contributed by atoms with Crippen molar-refractivity contribution < 1.29 is 14.3 Å². The van der Waals surface area contributed by atoms with Crippen LogP contribution in [0.1, 0.15) is 18.9 Å². The van der Waals surface area contributed by atoms with E-state index in [1.54, 1.807) is 7.11 Å². The lowest BCUT2D eigenvalue weighted by Crippen LogP contribution is -2.38. The van der Waals surface area contributed by atoms with Gasteiger partial charge < -0.3 is 9.47 Å². The Hall–Kier alpha value is -1.61. The van der Waals surface area contributed by atoms with Crippen molar-refractivity contribution in [2.45, 2.75) is 18.9 Å². The summed E-state index contributed by atoms with van der Waals surface area (Å²) in [6.07, 6.45) is 2.66. The first-order valence-corrected chi connectivity index (χ1v) is 6.00. The quantitative estimate of drug-likeness (QED) is 0.607. The van der Waals surface area contributed by atoms with Crippen molar-refractivity contribution in [1.29, 1.82) is 0 Å². The number of methoxy groups -OCH3 is 2. The molecule has 1 aliphatic rings. The molecule has 2 atom stereocenters. The molecule has 0 fully saturated rings. The lowest BCUT2D eigenvalue weighted by atomic mass is 9.82. The zero-order valence-electron chi connectivity index (χ0n) is 11.0. The third-order valence-electron chi connectivity index (χ3n) is 3.58. The number of esters is 1. The van der Waals surface area contributed by atoms with E-state index >= 15 is 0 Å². The average Bonchev–Trinajstić information content (AvgIpc) is 2.77. The Balaban J connectivity index is 2.47. The van der Waals surface area contributed by atoms with Crippen molar-refractivity contribution in [3.8, 4) is 0 Å². The van der Waals surface area contributed by atoms with Gasteiger partial charge >= 0.3 is 5.97 Å². The van der Waals surface area contributed by atoms with Gasteiger partial charge in [-0.3, -0.25) is 4.79 Å². The molecule has 18 heavy (non-hydrogen) atoms. The summed E-state index contributed by atoms with van der Waals surface area (Å²) >= 11 is 0. The minimum Gasteiger partial charge on any atom is -0.468 e. The van der Waals surface area contributed by atoms with Gasteiger partial charge in [0.05, 0.1) is 7.11 Å². The molecule has 0 N–H and O–H groups in total. The van der Waals surface area contributed by atoms with Crippen LogP contribution in [0, 0.1) is 5.92 Å². The van der Waals surface area contributed by atoms with Crippen LogP contribution in [0.15, 0.2) is 42.0 Å². The van der Waals surface area contributed by atoms with Crippen molar-refractivity contribution in [2.24, 2.45) is 5.92 Å². The number of hydrogen-bond donors (Lipinski definition) is 0. The van der Waals surface area contributed by atoms with Gasteiger partial charge in [0.25, 0.3) is 0 Å². The smallest absolute Gasteiger partial charge is 0.315 e. The molecule has 2 rings (SSSR count). The van der Waals surface area contributed by atoms with Gasteiger partial charge in [-0.1, -0.05) is 42.0 Å². The lowest BCUT2D eigenvalue weighted by molar-refractivity contribution is -0.154. The van der Waals surface area contributed by atoms with E-state index in [2.05, 4.69) is 0 Å². The maximum Gasteiger partial charge on any atom is 0.315 e. The van der Waals surface area contributed by atoms with Crippen molar-refractivity contribution in [2.75, 3.05) is 14.2 Å². The third-order valence-corrected chi connectivity index (χ3v) is 3.58. The summed E-state index contributed by atoms with van der Waals surface area (Å²) in [4.78, 5) is 12.0. The molecule has 0 bridgehead atoms. The van der Waals surface area contributed by atoms with Crippen LogP contribution in [0.5, 0.6) is 0 Å². The average molecular weight is 246 g/mol. The molecule has 0 saturated heterocycles. The number of ether oxygens (including phenoxy) is 2. The molecule has 3 heteroatoms. The Morgan fingerprint density at radius 1 is 1.28 bits per heavy atom. The summed E-state index contributed by atoms with van der Waals surface area (Å²) in [7, 11) is 3.06. The summed E-state index contributed by atoms with van der Waals surface area (Å²) in [5, 5.41) is 0. The van der Waals surface area contributed by atoms with Crippen LogP contribution in [0.25, 0.3) is 0 Å². The van der Waals surface area contributed by atoms with Crippen LogP contribution in [0.4, 0.5) is 0 Å². The molecule has 0 radical (unpaired) electrons. The minimum absolute atomic E-state index is 0.252. The molecule has 0 unspecified atom stereocenters. The first-order valence-electron chi connectivity index (χ1n) is 6.00. The molecule has 0 heterocycles. The standard InChI is InChI=1S/C15H18O3/c1-11-9-13(14(16)17-2)15(10-11,18-3)12-7-5-4-6-8-12/h4-9,13H,10H2,1-3H3/t13-,15+/m0/s1. The molecule has 1 aromatic rings. The zero-order chi connectivity index (χ0) is 13.2. The Bertz CT molecular complexity index is 464. The third kappa shape index (κ3) is 1.95. The van der Waals surface area contributed by atoms with Crippen molar-refractivity contribution in [1.82, 2.24) is 0 Å². The monoisotopic (exact) mass is 246 g/mol. The van der Waals surface area contributed by atoms with Gasteiger partial charge in [-0.05, 0) is 12.5 Å². The fourth-order valence-electron chi connectivity index (χ4n) is 2.71. The second-order valence-corrected chi connectivity index (χ2v) is 4.65. The molecule has 1 aliphatic carbocycles. The molecule has 0 aliphatic heterocycles. The Morgan fingerprint density at radius 2 is 1.94 bits per heavy atom. The molecule has 0 saturated carbocycles. The molecule has 96 valence electrons. The van der Waals surface area contributed by atoms with Crippen LogP contribution < -0.4 is 0 Å². The highest BCUT2D eigenvalue weighted by Crippen LogP contribution is 2.45. The minimum atomic E-state index is -0.627. The van der Waals surface area contributed by atoms with Crippen LogP contribution in [0.3, 0.4) is 0 Å². The maximum absolute atomic E-state index is 12.0. The van der Waals surface area contributed by atoms with E-state index in [1.807, 2.05) is 43.3 Å². The van der Waals surface area contributed by atoms with Gasteiger partial charge in [0.15, 0.2) is 0 Å². The highest BCUT2D eigenvalue weighted by atomic mass is 16.5. The van der Waals surface area contributed by atoms with E-state index < -0.39 is 5.60 Å². The van der Waals surface area contributed by atoms with Crippen molar-refractivity contribution in [3.63, 3.8) is 0 Å². The number of benzene rings is 1. The predicted octanol–water partition coefficient (Wildman–Crippen LogP) is 2.67. The van der Waals surface area contributed by atoms with Crippen LogP contribution in [-0.4, -0.2) is 20.2 Å². The number of hydrogen-bond acceptors (Lipinski definition) is 3. The summed E-state index contributed by atoms with van der Waals surface area (Å²) in [6, 6.07) is 9.85. The second-order valence-electron chi connectivity index (χ2n) is 4.65. The fraction of sp³-hybridized carbons (Fsp3) is 0.400. The largest absolute Gasteiger partial charge is 0.468 e. The Kier molecular flexibility index (Phi) is 3.53. The second kappa shape index (κ2) is 4.94. The Morgan fingerprint density at radius 3 is 2.50 bits per heavy atom. The molecular formula is C15H18O3. The summed E-state index contributed by atoms with van der Waals surface area (Å²) in [5.74, 6) is -0.632. The first kappa shape index (κ1) is 12.8. The highest BCUT2D eigenvalue weighted by molar-refractivity contribution is 5.77. The number of carbonyl (C=O) groups is 1. The van der Waals surface area contributed by atoms with Crippen LogP contribution in [-0.2, 0) is 19.9 Å². The van der Waals surface area contributed by atoms with Crippen LogP contribution >= 0.6 is 0 Å². The molecule has 3 nitrogen and oxygen atoms in total. The molecular weight excluding hydrogens is 228 g/mol. The number of carbonyl (C=O) groups excluding carboxylic acids is 1. The van der Waals surface area contributed by atoms with E-state index in [0.717, 1.165) is 11.1 Å². The van der Waals surface area contributed by atoms with Gasteiger partial charge in [0.1, 0.15) is 11.5 Å². The van der Waals surface area contributed by atoms with Crippen molar-refractivity contribution >= 4 is 5.97 Å². The zero-order valence-corrected chi connectivity index (χ0v) is 11.0. The van der Waals surface area contributed by atoms with E-state index in [9.17, 15) is 4.79 Å². The van der Waals surface area contributed by atoms with Gasteiger partial charge in [0.2, 0.25) is 0 Å². The molecule has 0 amide bonds. The SMILES string of the molecule is COC(=O)[C@@H]1C=C(C)C[C@@]1(OC)c1ccccc1. The topological polar surface area (TPSA) is 35.5 Å². The predicted molar refractivity (Wildman–Crippen MR) is 69.0 cm³/mol. The van der Waals surface area contributed by atoms with Crippen LogP contribution in [0.2, 0.25) is 0 Å². The summed E-state index contributed by atoms with van der Waals surface area (Å²) in [6.45, 7) is 2.01. The van der Waals surface area contributed by atoms with E-state index in [-0.39, 0.29) is 11.9 Å². The normalized spacial score (nSPS) is 26.8. The maximum atomic E-state index is 12.0. The highest BCUT2D eigenvalue weighted by Gasteiger charge is 2.48. The summed E-state index contributed by atoms with van der Waals surface area (Å²) < 4.78 is 10.6. The first-order chi connectivity index (χ1) is 8.64. The molecule has 0 spiro atoms. The van der Waals surface area contributed by atoms with Gasteiger partial charge in [-0.15, -0.1) is 0 Å². The fourth-order valence-corrected chi connectivity index (χ4v) is 2.71. The molecule has 0 aromatic heterocycles. The van der Waals surface area contributed by atoms with E-state index in [0.29, 0.717) is 6.42 Å². The van der Waals surface area contributed by atoms with E-state index in [4.69, 9.17) is 9.47 Å². The molecule has 1 aromatic carbocycles. The Labute approximate surface area is 107 Å².